The Morgan fingerprint density at radius 3 is 2.72 bits per heavy atom. The second-order valence-corrected chi connectivity index (χ2v) is 6.77. The molecule has 2 N–H and O–H groups in total. The maximum Gasteiger partial charge on any atom is 0.191 e. The lowest BCUT2D eigenvalue weighted by Crippen LogP contribution is -2.39. The lowest BCUT2D eigenvalue weighted by atomic mass is 9.99. The first-order chi connectivity index (χ1) is 12.2. The minimum atomic E-state index is 0.680. The highest BCUT2D eigenvalue weighted by atomic mass is 16.5. The zero-order valence-electron chi connectivity index (χ0n) is 16.1. The Labute approximate surface area is 152 Å². The minimum Gasteiger partial charge on any atom is -0.494 e. The van der Waals surface area contributed by atoms with Crippen molar-refractivity contribution < 1.29 is 4.74 Å². The molecule has 0 atom stereocenters. The van der Waals surface area contributed by atoms with E-state index in [2.05, 4.69) is 33.5 Å². The number of rotatable bonds is 8. The van der Waals surface area contributed by atoms with E-state index >= 15 is 0 Å². The van der Waals surface area contributed by atoms with E-state index in [0.717, 1.165) is 36.2 Å². The van der Waals surface area contributed by atoms with Crippen LogP contribution in [0, 0.1) is 5.92 Å². The monoisotopic (exact) mass is 346 g/mol. The SMILES string of the molecule is CCOc1ccccc1CNC(=NC)NCCCN1CCC(C)CC1. The number of benzene rings is 1. The third kappa shape index (κ3) is 6.94. The van der Waals surface area contributed by atoms with E-state index in [-0.39, 0.29) is 0 Å². The number of piperidine rings is 1. The summed E-state index contributed by atoms with van der Waals surface area (Å²) in [6.07, 6.45) is 3.83. The van der Waals surface area contributed by atoms with Crippen molar-refractivity contribution in [1.82, 2.24) is 15.5 Å². The molecular weight excluding hydrogens is 312 g/mol. The largest absolute Gasteiger partial charge is 0.494 e. The molecule has 1 fully saturated rings. The predicted octanol–water partition coefficient (Wildman–Crippen LogP) is 2.87. The van der Waals surface area contributed by atoms with Crippen LogP contribution >= 0.6 is 0 Å². The quantitative estimate of drug-likeness (QED) is 0.432. The fourth-order valence-electron chi connectivity index (χ4n) is 3.14. The van der Waals surface area contributed by atoms with Gasteiger partial charge in [0.25, 0.3) is 0 Å². The van der Waals surface area contributed by atoms with Gasteiger partial charge in [0.1, 0.15) is 5.75 Å². The van der Waals surface area contributed by atoms with E-state index in [0.29, 0.717) is 13.2 Å². The first-order valence-corrected chi connectivity index (χ1v) is 9.60. The standard InChI is InChI=1S/C20H34N4O/c1-4-25-19-9-6-5-8-18(19)16-23-20(21-3)22-12-7-13-24-14-10-17(2)11-15-24/h5-6,8-9,17H,4,7,10-16H2,1-3H3,(H2,21,22,23). The number of nitrogens with one attached hydrogen (secondary N) is 2. The summed E-state index contributed by atoms with van der Waals surface area (Å²) in [7, 11) is 1.82. The summed E-state index contributed by atoms with van der Waals surface area (Å²) < 4.78 is 5.67. The number of guanidine groups is 1. The average molecular weight is 347 g/mol. The third-order valence-corrected chi connectivity index (χ3v) is 4.76. The molecule has 2 rings (SSSR count). The molecule has 1 aromatic rings. The average Bonchev–Trinajstić information content (AvgIpc) is 2.64. The molecule has 1 aliphatic heterocycles. The van der Waals surface area contributed by atoms with Crippen molar-refractivity contribution in [3.63, 3.8) is 0 Å². The first kappa shape index (κ1) is 19.6. The van der Waals surface area contributed by atoms with Crippen molar-refractivity contribution >= 4 is 5.96 Å². The van der Waals surface area contributed by atoms with Crippen LogP contribution in [-0.4, -0.2) is 50.7 Å². The van der Waals surface area contributed by atoms with E-state index in [1.807, 2.05) is 32.2 Å². The molecule has 5 heteroatoms. The van der Waals surface area contributed by atoms with Gasteiger partial charge in [0.05, 0.1) is 6.61 Å². The molecule has 0 radical (unpaired) electrons. The highest BCUT2D eigenvalue weighted by molar-refractivity contribution is 5.79. The Hall–Kier alpha value is -1.75. The highest BCUT2D eigenvalue weighted by Gasteiger charge is 2.14. The Kier molecular flexibility index (Phi) is 8.60. The molecule has 1 aromatic carbocycles. The summed E-state index contributed by atoms with van der Waals surface area (Å²) in [6, 6.07) is 8.14. The van der Waals surface area contributed by atoms with Crippen molar-refractivity contribution in [1.29, 1.82) is 0 Å². The van der Waals surface area contributed by atoms with Gasteiger partial charge in [-0.15, -0.1) is 0 Å². The van der Waals surface area contributed by atoms with Gasteiger partial charge in [0.2, 0.25) is 0 Å². The lowest BCUT2D eigenvalue weighted by Gasteiger charge is -2.30. The van der Waals surface area contributed by atoms with Crippen LogP contribution in [0.15, 0.2) is 29.3 Å². The maximum absolute atomic E-state index is 5.67. The fraction of sp³-hybridized carbons (Fsp3) is 0.650. The topological polar surface area (TPSA) is 48.9 Å². The van der Waals surface area contributed by atoms with Crippen LogP contribution < -0.4 is 15.4 Å². The second kappa shape index (κ2) is 11.0. The maximum atomic E-state index is 5.67. The van der Waals surface area contributed by atoms with E-state index in [9.17, 15) is 0 Å². The molecule has 5 nitrogen and oxygen atoms in total. The van der Waals surface area contributed by atoms with Gasteiger partial charge in [0.15, 0.2) is 5.96 Å². The summed E-state index contributed by atoms with van der Waals surface area (Å²) in [6.45, 7) is 10.4. The molecule has 1 saturated heterocycles. The van der Waals surface area contributed by atoms with Gasteiger partial charge in [-0.25, -0.2) is 0 Å². The summed E-state index contributed by atoms with van der Waals surface area (Å²) >= 11 is 0. The highest BCUT2D eigenvalue weighted by Crippen LogP contribution is 2.17. The summed E-state index contributed by atoms with van der Waals surface area (Å²) in [5, 5.41) is 6.78. The zero-order chi connectivity index (χ0) is 17.9. The summed E-state index contributed by atoms with van der Waals surface area (Å²) in [4.78, 5) is 6.89. The Balaban J connectivity index is 1.67. The minimum absolute atomic E-state index is 0.680. The van der Waals surface area contributed by atoms with Gasteiger partial charge in [-0.3, -0.25) is 4.99 Å². The Morgan fingerprint density at radius 1 is 1.24 bits per heavy atom. The summed E-state index contributed by atoms with van der Waals surface area (Å²) in [5.41, 5.74) is 1.15. The van der Waals surface area contributed by atoms with Crippen LogP contribution in [0.4, 0.5) is 0 Å². The van der Waals surface area contributed by atoms with Gasteiger partial charge in [-0.05, 0) is 57.8 Å². The number of nitrogens with zero attached hydrogens (tertiary/aromatic N) is 2. The molecular formula is C20H34N4O. The van der Waals surface area contributed by atoms with Crippen LogP contribution in [0.25, 0.3) is 0 Å². The molecule has 0 aliphatic carbocycles. The van der Waals surface area contributed by atoms with Crippen molar-refractivity contribution in [2.24, 2.45) is 10.9 Å². The number of hydrogen-bond donors (Lipinski definition) is 2. The number of ether oxygens (including phenoxy) is 1. The third-order valence-electron chi connectivity index (χ3n) is 4.76. The van der Waals surface area contributed by atoms with Crippen LogP contribution in [0.1, 0.15) is 38.7 Å². The van der Waals surface area contributed by atoms with Gasteiger partial charge < -0.3 is 20.3 Å². The van der Waals surface area contributed by atoms with Crippen molar-refractivity contribution in [3.05, 3.63) is 29.8 Å². The lowest BCUT2D eigenvalue weighted by molar-refractivity contribution is 0.191. The Morgan fingerprint density at radius 2 is 2.00 bits per heavy atom. The van der Waals surface area contributed by atoms with Crippen molar-refractivity contribution in [3.8, 4) is 5.75 Å². The predicted molar refractivity (Wildman–Crippen MR) is 105 cm³/mol. The number of para-hydroxylation sites is 1. The molecule has 0 spiro atoms. The van der Waals surface area contributed by atoms with E-state index in [4.69, 9.17) is 4.74 Å². The van der Waals surface area contributed by atoms with E-state index in [1.54, 1.807) is 0 Å². The molecule has 0 aromatic heterocycles. The summed E-state index contributed by atoms with van der Waals surface area (Å²) in [5.74, 6) is 2.68. The first-order valence-electron chi connectivity index (χ1n) is 9.60. The molecule has 140 valence electrons. The molecule has 0 bridgehead atoms. The molecule has 1 aliphatic rings. The molecule has 1 heterocycles. The van der Waals surface area contributed by atoms with Crippen LogP contribution in [0.2, 0.25) is 0 Å². The van der Waals surface area contributed by atoms with Gasteiger partial charge in [0, 0.05) is 25.7 Å². The van der Waals surface area contributed by atoms with Gasteiger partial charge in [-0.1, -0.05) is 25.1 Å². The molecule has 0 saturated carbocycles. The number of aliphatic imine (C=N–C) groups is 1. The van der Waals surface area contributed by atoms with E-state index in [1.165, 1.54) is 32.5 Å². The van der Waals surface area contributed by atoms with Crippen molar-refractivity contribution in [2.75, 3.05) is 39.8 Å². The van der Waals surface area contributed by atoms with E-state index < -0.39 is 0 Å². The molecule has 0 unspecified atom stereocenters. The Bertz CT molecular complexity index is 524. The zero-order valence-corrected chi connectivity index (χ0v) is 16.1. The van der Waals surface area contributed by atoms with Gasteiger partial charge in [-0.2, -0.15) is 0 Å². The smallest absolute Gasteiger partial charge is 0.191 e. The van der Waals surface area contributed by atoms with Crippen LogP contribution in [-0.2, 0) is 6.54 Å². The fourth-order valence-corrected chi connectivity index (χ4v) is 3.14. The number of likely N-dealkylation sites (tertiary alicyclic amines) is 1. The van der Waals surface area contributed by atoms with Crippen LogP contribution in [0.5, 0.6) is 5.75 Å². The number of hydrogen-bond acceptors (Lipinski definition) is 3. The normalized spacial score (nSPS) is 16.7. The van der Waals surface area contributed by atoms with Crippen LogP contribution in [0.3, 0.4) is 0 Å². The molecule has 0 amide bonds. The second-order valence-electron chi connectivity index (χ2n) is 6.77. The molecule has 25 heavy (non-hydrogen) atoms. The van der Waals surface area contributed by atoms with Crippen molar-refractivity contribution in [2.45, 2.75) is 39.7 Å². The van der Waals surface area contributed by atoms with Gasteiger partial charge >= 0.3 is 0 Å².